The molecular weight excluding hydrogens is 474 g/mol. The van der Waals surface area contributed by atoms with Crippen LogP contribution in [0.15, 0.2) is 102 Å². The zero-order valence-electron chi connectivity index (χ0n) is 20.7. The quantitative estimate of drug-likeness (QED) is 0.180. The maximum absolute atomic E-state index is 13.5. The van der Waals surface area contributed by atoms with E-state index in [9.17, 15) is 9.59 Å². The highest BCUT2D eigenvalue weighted by molar-refractivity contribution is 6.08. The van der Waals surface area contributed by atoms with Crippen molar-refractivity contribution in [1.29, 1.82) is 0 Å². The molecule has 38 heavy (non-hydrogen) atoms. The molecule has 0 spiro atoms. The predicted molar refractivity (Wildman–Crippen MR) is 148 cm³/mol. The zero-order chi connectivity index (χ0) is 25.9. The van der Waals surface area contributed by atoms with E-state index in [4.69, 9.17) is 14.1 Å². The first kappa shape index (κ1) is 23.6. The number of ether oxygens (including phenoxy) is 1. The largest absolute Gasteiger partial charge is 0.465 e. The lowest BCUT2D eigenvalue weighted by Gasteiger charge is -2.22. The molecule has 0 radical (unpaired) electrons. The van der Waals surface area contributed by atoms with Gasteiger partial charge >= 0.3 is 5.97 Å². The van der Waals surface area contributed by atoms with Gasteiger partial charge in [-0.2, -0.15) is 0 Å². The van der Waals surface area contributed by atoms with Gasteiger partial charge in [-0.1, -0.05) is 72.8 Å². The van der Waals surface area contributed by atoms with Crippen molar-refractivity contribution in [2.24, 2.45) is 0 Å². The van der Waals surface area contributed by atoms with Crippen molar-refractivity contribution in [3.05, 3.63) is 125 Å². The van der Waals surface area contributed by atoms with Gasteiger partial charge in [-0.3, -0.25) is 4.79 Å². The van der Waals surface area contributed by atoms with Crippen LogP contribution in [0.4, 0.5) is 0 Å². The normalized spacial score (nSPS) is 13.8. The standard InChI is InChI=1S/C33H25NO4/c35-30(24-17-15-23(16-18-24)22-8-2-1-3-9-22)21-38-33(36)31-27-12-4-5-14-29(27)34-32-25(10-6-13-28(31)32)20-26-11-7-19-37-26/h1-5,7-9,11-12,14-20H,6,10,13,21H2. The molecule has 2 aromatic heterocycles. The van der Waals surface area contributed by atoms with Crippen LogP contribution in [0.1, 0.15) is 50.6 Å². The fraction of sp³-hybridized carbons (Fsp3) is 0.121. The number of furan rings is 1. The van der Waals surface area contributed by atoms with Gasteiger partial charge < -0.3 is 9.15 Å². The number of carbonyl (C=O) groups is 2. The molecule has 5 heteroatoms. The minimum Gasteiger partial charge on any atom is -0.465 e. The molecule has 0 atom stereocenters. The molecule has 3 aromatic carbocycles. The summed E-state index contributed by atoms with van der Waals surface area (Å²) in [6.07, 6.45) is 6.05. The molecule has 0 N–H and O–H groups in total. The lowest BCUT2D eigenvalue weighted by atomic mass is 9.86. The highest BCUT2D eigenvalue weighted by atomic mass is 16.5. The average Bonchev–Trinajstić information content (AvgIpc) is 3.48. The van der Waals surface area contributed by atoms with Crippen molar-refractivity contribution in [3.63, 3.8) is 0 Å². The van der Waals surface area contributed by atoms with Crippen LogP contribution < -0.4 is 0 Å². The van der Waals surface area contributed by atoms with E-state index in [1.165, 1.54) is 0 Å². The molecule has 0 fully saturated rings. The molecule has 0 saturated carbocycles. The highest BCUT2D eigenvalue weighted by Crippen LogP contribution is 2.36. The summed E-state index contributed by atoms with van der Waals surface area (Å²) < 4.78 is 11.1. The van der Waals surface area contributed by atoms with Crippen LogP contribution in [0.5, 0.6) is 0 Å². The summed E-state index contributed by atoms with van der Waals surface area (Å²) in [6.45, 7) is -0.329. The van der Waals surface area contributed by atoms with E-state index in [2.05, 4.69) is 0 Å². The number of aromatic nitrogens is 1. The second-order valence-electron chi connectivity index (χ2n) is 9.31. The van der Waals surface area contributed by atoms with E-state index in [0.29, 0.717) is 23.1 Å². The highest BCUT2D eigenvalue weighted by Gasteiger charge is 2.26. The number of ketones is 1. The van der Waals surface area contributed by atoms with Crippen molar-refractivity contribution in [1.82, 2.24) is 4.98 Å². The molecule has 6 rings (SSSR count). The van der Waals surface area contributed by atoms with Crippen LogP contribution in [0, 0.1) is 0 Å². The molecule has 0 bridgehead atoms. The molecule has 0 aliphatic heterocycles. The summed E-state index contributed by atoms with van der Waals surface area (Å²) in [5.41, 5.74) is 6.48. The summed E-state index contributed by atoms with van der Waals surface area (Å²) in [5.74, 6) is -0.00670. The van der Waals surface area contributed by atoms with Gasteiger partial charge in [0.05, 0.1) is 23.0 Å². The fourth-order valence-electron chi connectivity index (χ4n) is 5.02. The Labute approximate surface area is 220 Å². The Balaban J connectivity index is 1.27. The fourth-order valence-corrected chi connectivity index (χ4v) is 5.02. The minimum atomic E-state index is -0.506. The van der Waals surface area contributed by atoms with E-state index in [1.54, 1.807) is 18.4 Å². The van der Waals surface area contributed by atoms with Crippen LogP contribution in [0.3, 0.4) is 0 Å². The van der Waals surface area contributed by atoms with Gasteiger partial charge in [-0.25, -0.2) is 9.78 Å². The van der Waals surface area contributed by atoms with E-state index < -0.39 is 5.97 Å². The number of Topliss-reactive ketones (excluding diaryl/α,β-unsaturated/α-hetero) is 1. The average molecular weight is 500 g/mol. The zero-order valence-corrected chi connectivity index (χ0v) is 20.7. The number of carbonyl (C=O) groups excluding carboxylic acids is 2. The van der Waals surface area contributed by atoms with E-state index >= 15 is 0 Å². The minimum absolute atomic E-state index is 0.247. The number of pyridine rings is 1. The van der Waals surface area contributed by atoms with E-state index in [0.717, 1.165) is 51.9 Å². The van der Waals surface area contributed by atoms with Crippen LogP contribution in [-0.4, -0.2) is 23.3 Å². The van der Waals surface area contributed by atoms with Gasteiger partial charge in [0.15, 0.2) is 12.4 Å². The Hall–Kier alpha value is -4.77. The smallest absolute Gasteiger partial charge is 0.339 e. The maximum atomic E-state index is 13.5. The Kier molecular flexibility index (Phi) is 6.40. The molecular formula is C33H25NO4. The van der Waals surface area contributed by atoms with Gasteiger partial charge in [0.1, 0.15) is 5.76 Å². The number of esters is 1. The Morgan fingerprint density at radius 2 is 1.61 bits per heavy atom. The van der Waals surface area contributed by atoms with Crippen molar-refractivity contribution >= 4 is 34.3 Å². The third kappa shape index (κ3) is 4.66. The molecule has 1 aliphatic rings. The number of para-hydroxylation sites is 1. The Bertz CT molecular complexity index is 1650. The van der Waals surface area contributed by atoms with Crippen molar-refractivity contribution in [2.75, 3.05) is 6.61 Å². The van der Waals surface area contributed by atoms with Crippen molar-refractivity contribution in [2.45, 2.75) is 19.3 Å². The summed E-state index contributed by atoms with van der Waals surface area (Å²) in [5, 5.41) is 0.732. The lowest BCUT2D eigenvalue weighted by molar-refractivity contribution is 0.0475. The summed E-state index contributed by atoms with van der Waals surface area (Å²) in [6, 6.07) is 28.6. The molecule has 1 aliphatic carbocycles. The molecule has 5 nitrogen and oxygen atoms in total. The number of hydrogen-bond donors (Lipinski definition) is 0. The first-order valence-corrected chi connectivity index (χ1v) is 12.7. The van der Waals surface area contributed by atoms with Gasteiger partial charge in [0, 0.05) is 10.9 Å². The first-order chi connectivity index (χ1) is 18.7. The predicted octanol–water partition coefficient (Wildman–Crippen LogP) is 7.41. The number of allylic oxidation sites excluding steroid dienone is 1. The first-order valence-electron chi connectivity index (χ1n) is 12.7. The molecule has 0 amide bonds. The number of hydrogen-bond acceptors (Lipinski definition) is 5. The second kappa shape index (κ2) is 10.3. The summed E-state index contributed by atoms with van der Waals surface area (Å²) in [4.78, 5) is 31.3. The van der Waals surface area contributed by atoms with Crippen LogP contribution in [0.25, 0.3) is 33.7 Å². The SMILES string of the molecule is O=C(COC(=O)c1c2c(nc3ccccc13)C(=Cc1ccco1)CCC2)c1ccc(-c2ccccc2)cc1. The van der Waals surface area contributed by atoms with E-state index in [-0.39, 0.29) is 12.4 Å². The number of rotatable bonds is 6. The molecule has 0 unspecified atom stereocenters. The number of benzene rings is 3. The molecule has 2 heterocycles. The van der Waals surface area contributed by atoms with Gasteiger partial charge in [0.25, 0.3) is 0 Å². The van der Waals surface area contributed by atoms with Crippen molar-refractivity contribution in [3.8, 4) is 11.1 Å². The van der Waals surface area contributed by atoms with Gasteiger partial charge in [-0.15, -0.1) is 0 Å². The molecule has 5 aromatic rings. The Morgan fingerprint density at radius 3 is 2.39 bits per heavy atom. The Morgan fingerprint density at radius 1 is 0.842 bits per heavy atom. The lowest BCUT2D eigenvalue weighted by Crippen LogP contribution is -2.18. The molecule has 0 saturated heterocycles. The summed E-state index contributed by atoms with van der Waals surface area (Å²) >= 11 is 0. The molecule has 186 valence electrons. The van der Waals surface area contributed by atoms with Crippen LogP contribution in [0.2, 0.25) is 0 Å². The summed E-state index contributed by atoms with van der Waals surface area (Å²) in [7, 11) is 0. The van der Waals surface area contributed by atoms with Gasteiger partial charge in [0.2, 0.25) is 0 Å². The third-order valence-corrected chi connectivity index (χ3v) is 6.88. The number of nitrogens with zero attached hydrogens (tertiary/aromatic N) is 1. The van der Waals surface area contributed by atoms with E-state index in [1.807, 2.05) is 84.9 Å². The second-order valence-corrected chi connectivity index (χ2v) is 9.31. The maximum Gasteiger partial charge on any atom is 0.339 e. The topological polar surface area (TPSA) is 69.4 Å². The van der Waals surface area contributed by atoms with Crippen molar-refractivity contribution < 1.29 is 18.7 Å². The van der Waals surface area contributed by atoms with Gasteiger partial charge in [-0.05, 0) is 65.8 Å². The van der Waals surface area contributed by atoms with Crippen LogP contribution in [-0.2, 0) is 11.2 Å². The monoisotopic (exact) mass is 499 g/mol. The number of fused-ring (bicyclic) bond motifs is 2. The van der Waals surface area contributed by atoms with Crippen LogP contribution >= 0.6 is 0 Å². The third-order valence-electron chi connectivity index (χ3n) is 6.88.